The van der Waals surface area contributed by atoms with Crippen LogP contribution in [0.2, 0.25) is 0 Å². The minimum atomic E-state index is -3.60. The van der Waals surface area contributed by atoms with Gasteiger partial charge in [0.1, 0.15) is 29.1 Å². The molecular formula is C22H28N4O5S. The van der Waals surface area contributed by atoms with Crippen molar-refractivity contribution in [3.63, 3.8) is 0 Å². The second-order valence-corrected chi connectivity index (χ2v) is 10.2. The number of amides is 1. The minimum Gasteiger partial charge on any atom is -0.490 e. The molecule has 32 heavy (non-hydrogen) atoms. The first-order valence-corrected chi connectivity index (χ1v) is 12.1. The van der Waals surface area contributed by atoms with Crippen molar-refractivity contribution in [3.05, 3.63) is 36.7 Å². The summed E-state index contributed by atoms with van der Waals surface area (Å²) in [4.78, 5) is 20.0. The highest BCUT2D eigenvalue weighted by atomic mass is 32.2. The van der Waals surface area contributed by atoms with Gasteiger partial charge in [-0.3, -0.25) is 9.78 Å². The molecule has 1 amide bonds. The van der Waals surface area contributed by atoms with E-state index < -0.39 is 10.0 Å². The van der Waals surface area contributed by atoms with Gasteiger partial charge >= 0.3 is 0 Å². The van der Waals surface area contributed by atoms with Gasteiger partial charge in [-0.2, -0.15) is 0 Å². The summed E-state index contributed by atoms with van der Waals surface area (Å²) < 4.78 is 38.2. The second-order valence-electron chi connectivity index (χ2n) is 8.02. The molecule has 0 saturated carbocycles. The van der Waals surface area contributed by atoms with Crippen molar-refractivity contribution >= 4 is 27.3 Å². The topological polar surface area (TPSA) is 92.3 Å². The maximum Gasteiger partial charge on any atom is 0.244 e. The van der Waals surface area contributed by atoms with Crippen molar-refractivity contribution in [2.24, 2.45) is 0 Å². The van der Waals surface area contributed by atoms with Crippen molar-refractivity contribution in [1.82, 2.24) is 14.2 Å². The molecule has 1 aromatic carbocycles. The van der Waals surface area contributed by atoms with Crippen LogP contribution in [-0.4, -0.2) is 75.0 Å². The van der Waals surface area contributed by atoms with E-state index in [1.165, 1.54) is 24.6 Å². The maximum absolute atomic E-state index is 12.6. The molecule has 2 aliphatic rings. The summed E-state index contributed by atoms with van der Waals surface area (Å²) in [5, 5.41) is 0. The number of aromatic nitrogens is 1. The van der Waals surface area contributed by atoms with E-state index in [-0.39, 0.29) is 16.9 Å². The normalized spacial score (nSPS) is 18.4. The van der Waals surface area contributed by atoms with Crippen LogP contribution in [0.4, 0.5) is 11.4 Å². The number of anilines is 2. The number of nitrogens with zero attached hydrogens (tertiary/aromatic N) is 4. The number of carbonyl (C=O) groups excluding carboxylic acids is 1. The molecule has 172 valence electrons. The summed E-state index contributed by atoms with van der Waals surface area (Å²) in [5.41, 5.74) is 1.45. The zero-order chi connectivity index (χ0) is 22.9. The molecule has 1 unspecified atom stereocenters. The van der Waals surface area contributed by atoms with Crippen molar-refractivity contribution in [1.29, 1.82) is 0 Å². The van der Waals surface area contributed by atoms with Crippen LogP contribution >= 0.6 is 0 Å². The molecule has 2 aromatic rings. The van der Waals surface area contributed by atoms with E-state index in [0.717, 1.165) is 12.1 Å². The molecule has 9 nitrogen and oxygen atoms in total. The van der Waals surface area contributed by atoms with Gasteiger partial charge in [0.2, 0.25) is 15.9 Å². The summed E-state index contributed by atoms with van der Waals surface area (Å²) >= 11 is 0. The summed E-state index contributed by atoms with van der Waals surface area (Å²) in [6.45, 7) is 4.16. The van der Waals surface area contributed by atoms with Gasteiger partial charge in [0.05, 0.1) is 30.7 Å². The summed E-state index contributed by atoms with van der Waals surface area (Å²) in [7, 11) is -0.610. The fourth-order valence-electron chi connectivity index (χ4n) is 3.91. The highest BCUT2D eigenvalue weighted by molar-refractivity contribution is 7.89. The van der Waals surface area contributed by atoms with Crippen LogP contribution in [0.5, 0.6) is 11.5 Å². The monoisotopic (exact) mass is 460 g/mol. The van der Waals surface area contributed by atoms with E-state index in [1.54, 1.807) is 12.3 Å². The quantitative estimate of drug-likeness (QED) is 0.653. The van der Waals surface area contributed by atoms with E-state index in [1.807, 2.05) is 34.9 Å². The number of sulfonamides is 1. The number of fused-ring (bicyclic) bond motifs is 1. The zero-order valence-electron chi connectivity index (χ0n) is 18.5. The molecule has 2 aliphatic heterocycles. The zero-order valence-corrected chi connectivity index (χ0v) is 19.3. The number of hydrogen-bond donors (Lipinski definition) is 0. The van der Waals surface area contributed by atoms with Crippen LogP contribution < -0.4 is 14.4 Å². The first-order valence-electron chi connectivity index (χ1n) is 10.7. The Labute approximate surface area is 188 Å². The smallest absolute Gasteiger partial charge is 0.244 e. The highest BCUT2D eigenvalue weighted by Gasteiger charge is 2.28. The third kappa shape index (κ3) is 4.37. The molecule has 0 spiro atoms. The predicted molar refractivity (Wildman–Crippen MR) is 120 cm³/mol. The Balaban J connectivity index is 1.58. The van der Waals surface area contributed by atoms with Crippen molar-refractivity contribution in [2.75, 3.05) is 45.2 Å². The van der Waals surface area contributed by atoms with Gasteiger partial charge < -0.3 is 19.3 Å². The Morgan fingerprint density at radius 3 is 2.81 bits per heavy atom. The molecule has 1 fully saturated rings. The van der Waals surface area contributed by atoms with Gasteiger partial charge in [-0.15, -0.1) is 0 Å². The first kappa shape index (κ1) is 22.3. The lowest BCUT2D eigenvalue weighted by molar-refractivity contribution is -0.130. The van der Waals surface area contributed by atoms with E-state index in [4.69, 9.17) is 9.47 Å². The molecule has 0 aliphatic carbocycles. The lowest BCUT2D eigenvalue weighted by atomic mass is 10.2. The largest absolute Gasteiger partial charge is 0.490 e. The van der Waals surface area contributed by atoms with E-state index in [0.29, 0.717) is 49.8 Å². The Kier molecular flexibility index (Phi) is 6.25. The summed E-state index contributed by atoms with van der Waals surface area (Å²) in [5.74, 6) is 1.51. The van der Waals surface area contributed by atoms with E-state index in [2.05, 4.69) is 4.98 Å². The molecule has 1 saturated heterocycles. The van der Waals surface area contributed by atoms with Gasteiger partial charge in [-0.05, 0) is 18.2 Å². The average molecular weight is 461 g/mol. The predicted octanol–water partition coefficient (Wildman–Crippen LogP) is 2.25. The van der Waals surface area contributed by atoms with Crippen LogP contribution in [0.3, 0.4) is 0 Å². The summed E-state index contributed by atoms with van der Waals surface area (Å²) in [6.07, 6.45) is 4.22. The van der Waals surface area contributed by atoms with Crippen LogP contribution in [0.15, 0.2) is 41.6 Å². The molecule has 1 aromatic heterocycles. The van der Waals surface area contributed by atoms with Gasteiger partial charge in [0.15, 0.2) is 0 Å². The van der Waals surface area contributed by atoms with Gasteiger partial charge in [-0.25, -0.2) is 12.7 Å². The van der Waals surface area contributed by atoms with E-state index >= 15 is 0 Å². The fraction of sp³-hybridized carbons (Fsp3) is 0.455. The number of benzene rings is 1. The standard InChI is InChI=1S/C22H28N4O5S/c1-4-22(27)25-8-7-18(15-25)31-17-5-6-21-20(12-17)26(9-10-30-21)16-11-19(14-23-13-16)32(28,29)24(2)3/h5-6,11-14,18H,4,7-10,15H2,1-3H3. The number of likely N-dealkylation sites (tertiary alicyclic amines) is 1. The molecule has 4 rings (SSSR count). The molecule has 0 radical (unpaired) electrons. The number of carbonyl (C=O) groups is 1. The molecule has 0 N–H and O–H groups in total. The van der Waals surface area contributed by atoms with Crippen LogP contribution in [-0.2, 0) is 14.8 Å². The molecular weight excluding hydrogens is 432 g/mol. The summed E-state index contributed by atoms with van der Waals surface area (Å²) in [6, 6.07) is 7.23. The van der Waals surface area contributed by atoms with E-state index in [9.17, 15) is 13.2 Å². The number of pyridine rings is 1. The van der Waals surface area contributed by atoms with Crippen LogP contribution in [0.1, 0.15) is 19.8 Å². The molecule has 0 bridgehead atoms. The lowest BCUT2D eigenvalue weighted by Crippen LogP contribution is -2.30. The van der Waals surface area contributed by atoms with Crippen molar-refractivity contribution in [3.8, 4) is 11.5 Å². The number of rotatable bonds is 6. The number of hydrogen-bond acceptors (Lipinski definition) is 7. The first-order chi connectivity index (χ1) is 15.3. The number of ether oxygens (including phenoxy) is 2. The van der Waals surface area contributed by atoms with Crippen LogP contribution in [0.25, 0.3) is 0 Å². The van der Waals surface area contributed by atoms with Gasteiger partial charge in [-0.1, -0.05) is 6.92 Å². The molecule has 3 heterocycles. The molecule has 10 heteroatoms. The average Bonchev–Trinajstić information content (AvgIpc) is 3.26. The Morgan fingerprint density at radius 2 is 2.06 bits per heavy atom. The Bertz CT molecular complexity index is 1110. The SMILES string of the molecule is CCC(=O)N1CCC(Oc2ccc3c(c2)N(c2cncc(S(=O)(=O)N(C)C)c2)CCO3)C1. The third-order valence-corrected chi connectivity index (χ3v) is 7.47. The lowest BCUT2D eigenvalue weighted by Gasteiger charge is -2.31. The molecule has 1 atom stereocenters. The fourth-order valence-corrected chi connectivity index (χ4v) is 4.80. The maximum atomic E-state index is 12.6. The van der Waals surface area contributed by atoms with Crippen molar-refractivity contribution in [2.45, 2.75) is 30.8 Å². The third-order valence-electron chi connectivity index (χ3n) is 5.69. The van der Waals surface area contributed by atoms with Gasteiger partial charge in [0.25, 0.3) is 0 Å². The van der Waals surface area contributed by atoms with Crippen LogP contribution in [0, 0.1) is 0 Å². The Morgan fingerprint density at radius 1 is 1.25 bits per heavy atom. The van der Waals surface area contributed by atoms with Crippen molar-refractivity contribution < 1.29 is 22.7 Å². The highest BCUT2D eigenvalue weighted by Crippen LogP contribution is 2.39. The minimum absolute atomic E-state index is 0.0586. The van der Waals surface area contributed by atoms with Gasteiger partial charge in [0, 0.05) is 45.7 Å². The second kappa shape index (κ2) is 8.95. The Hall–Kier alpha value is -2.85.